The molecule has 0 saturated carbocycles. The molecule has 2 aromatic rings. The number of hydrogen-bond donors (Lipinski definition) is 3. The number of nitrogens with zero attached hydrogens (tertiary/aromatic N) is 1. The zero-order valence-corrected chi connectivity index (χ0v) is 19.1. The number of para-hydroxylation sites is 1. The van der Waals surface area contributed by atoms with Gasteiger partial charge in [-0.2, -0.15) is 0 Å². The zero-order chi connectivity index (χ0) is 24.2. The summed E-state index contributed by atoms with van der Waals surface area (Å²) in [5.41, 5.74) is 5.58. The first kappa shape index (κ1) is 22.4. The summed E-state index contributed by atoms with van der Waals surface area (Å²) in [6, 6.07) is 11.5. The van der Waals surface area contributed by atoms with Crippen LogP contribution in [-0.2, 0) is 31.3 Å². The number of carbonyl (C=O) groups excluding carboxylic acids is 4. The first-order valence-electron chi connectivity index (χ1n) is 10.9. The number of likely N-dealkylation sites (tertiary alicyclic amines) is 1. The molecule has 3 aliphatic heterocycles. The molecule has 1 spiro atoms. The Balaban J connectivity index is 1.56. The van der Waals surface area contributed by atoms with E-state index < -0.39 is 41.1 Å². The summed E-state index contributed by atoms with van der Waals surface area (Å²) < 4.78 is 5.17. The second-order valence-corrected chi connectivity index (χ2v) is 9.20. The van der Waals surface area contributed by atoms with Crippen LogP contribution in [0.1, 0.15) is 24.0 Å². The topological polar surface area (TPSA) is 131 Å². The van der Waals surface area contributed by atoms with Crippen LogP contribution in [0.15, 0.2) is 42.5 Å². The number of anilines is 1. The number of hydrogen-bond acceptors (Lipinski definition) is 6. The predicted molar refractivity (Wildman–Crippen MR) is 123 cm³/mol. The van der Waals surface area contributed by atoms with Gasteiger partial charge in [-0.25, -0.2) is 0 Å². The number of amides is 4. The van der Waals surface area contributed by atoms with Gasteiger partial charge in [0.25, 0.3) is 0 Å². The molecule has 176 valence electrons. The summed E-state index contributed by atoms with van der Waals surface area (Å²) in [6.45, 7) is 0.0668. The maximum Gasteiger partial charge on any atom is 0.250 e. The molecule has 0 bridgehead atoms. The van der Waals surface area contributed by atoms with Gasteiger partial charge < -0.3 is 15.8 Å². The summed E-state index contributed by atoms with van der Waals surface area (Å²) >= 11 is 6.33. The summed E-state index contributed by atoms with van der Waals surface area (Å²) in [7, 11) is 1.55. The highest BCUT2D eigenvalue weighted by Crippen LogP contribution is 2.54. The second-order valence-electron chi connectivity index (χ2n) is 8.79. The molecule has 3 heterocycles. The molecular formula is C24H23ClN4O5. The summed E-state index contributed by atoms with van der Waals surface area (Å²) in [4.78, 5) is 53.4. The smallest absolute Gasteiger partial charge is 0.250 e. The van der Waals surface area contributed by atoms with Crippen LogP contribution in [0.5, 0.6) is 5.75 Å². The summed E-state index contributed by atoms with van der Waals surface area (Å²) in [5.74, 6) is -2.93. The van der Waals surface area contributed by atoms with Crippen molar-refractivity contribution in [1.82, 2.24) is 10.2 Å². The van der Waals surface area contributed by atoms with Crippen LogP contribution in [0, 0.1) is 11.8 Å². The molecule has 10 heteroatoms. The molecule has 9 nitrogen and oxygen atoms in total. The van der Waals surface area contributed by atoms with Crippen molar-refractivity contribution in [3.63, 3.8) is 0 Å². The van der Waals surface area contributed by atoms with E-state index in [0.29, 0.717) is 22.0 Å². The van der Waals surface area contributed by atoms with E-state index in [9.17, 15) is 19.2 Å². The van der Waals surface area contributed by atoms with Gasteiger partial charge in [-0.05, 0) is 30.2 Å². The first-order valence-corrected chi connectivity index (χ1v) is 11.3. The molecular weight excluding hydrogens is 460 g/mol. The van der Waals surface area contributed by atoms with Crippen LogP contribution in [0.25, 0.3) is 0 Å². The van der Waals surface area contributed by atoms with E-state index in [-0.39, 0.29) is 25.3 Å². The third kappa shape index (κ3) is 3.19. The van der Waals surface area contributed by atoms with E-state index in [2.05, 4.69) is 10.6 Å². The largest absolute Gasteiger partial charge is 0.497 e. The fourth-order valence-corrected chi connectivity index (χ4v) is 5.69. The van der Waals surface area contributed by atoms with Crippen molar-refractivity contribution in [2.24, 2.45) is 17.6 Å². The molecule has 3 aliphatic rings. The second kappa shape index (κ2) is 8.11. The number of rotatable bonds is 6. The number of nitrogens with two attached hydrogens (primary N) is 1. The highest BCUT2D eigenvalue weighted by molar-refractivity contribution is 6.35. The van der Waals surface area contributed by atoms with E-state index in [0.717, 1.165) is 5.56 Å². The van der Waals surface area contributed by atoms with Crippen LogP contribution < -0.4 is 21.1 Å². The van der Waals surface area contributed by atoms with E-state index in [1.807, 2.05) is 0 Å². The van der Waals surface area contributed by atoms with E-state index in [1.165, 1.54) is 4.90 Å². The molecule has 0 aliphatic carbocycles. The van der Waals surface area contributed by atoms with Crippen LogP contribution in [0.3, 0.4) is 0 Å². The van der Waals surface area contributed by atoms with Gasteiger partial charge in [0.05, 0.1) is 36.2 Å². The number of nitrogens with one attached hydrogen (secondary N) is 2. The molecule has 4 unspecified atom stereocenters. The van der Waals surface area contributed by atoms with Gasteiger partial charge in [-0.15, -0.1) is 0 Å². The van der Waals surface area contributed by atoms with Crippen molar-refractivity contribution in [3.05, 3.63) is 58.6 Å². The number of fused-ring (bicyclic) bond motifs is 4. The lowest BCUT2D eigenvalue weighted by Crippen LogP contribution is -2.53. The minimum absolute atomic E-state index is 0.0148. The van der Waals surface area contributed by atoms with Gasteiger partial charge in [-0.1, -0.05) is 35.9 Å². The van der Waals surface area contributed by atoms with E-state index >= 15 is 0 Å². The monoisotopic (exact) mass is 482 g/mol. The number of halogens is 1. The summed E-state index contributed by atoms with van der Waals surface area (Å²) in [5, 5.41) is 6.38. The van der Waals surface area contributed by atoms with Crippen LogP contribution >= 0.6 is 11.6 Å². The molecule has 4 amide bonds. The lowest BCUT2D eigenvalue weighted by atomic mass is 9.76. The predicted octanol–water partition coefficient (Wildman–Crippen LogP) is 1.53. The third-order valence-corrected chi connectivity index (χ3v) is 7.31. The Morgan fingerprint density at radius 1 is 1.15 bits per heavy atom. The maximum absolute atomic E-state index is 13.7. The van der Waals surface area contributed by atoms with Crippen LogP contribution in [0.2, 0.25) is 5.02 Å². The quantitative estimate of drug-likeness (QED) is 0.535. The molecule has 4 N–H and O–H groups in total. The van der Waals surface area contributed by atoms with Crippen molar-refractivity contribution in [2.45, 2.75) is 31.0 Å². The highest BCUT2D eigenvalue weighted by atomic mass is 35.5. The minimum Gasteiger partial charge on any atom is -0.497 e. The Kier molecular flexibility index (Phi) is 5.33. The Bertz CT molecular complexity index is 1220. The average Bonchev–Trinajstić information content (AvgIpc) is 3.40. The molecule has 34 heavy (non-hydrogen) atoms. The first-order chi connectivity index (χ1) is 16.3. The van der Waals surface area contributed by atoms with Crippen molar-refractivity contribution in [1.29, 1.82) is 0 Å². The van der Waals surface area contributed by atoms with Gasteiger partial charge in [0.1, 0.15) is 11.3 Å². The normalized spacial score (nSPS) is 27.2. The summed E-state index contributed by atoms with van der Waals surface area (Å²) in [6.07, 6.45) is 0.234. The SMILES string of the molecule is COc1ccc(CN2C(=O)C3C(CCC(N)=O)NC4(C(=O)Nc5c(Cl)cccc54)C3C2=O)cc1. The van der Waals surface area contributed by atoms with Gasteiger partial charge in [0.2, 0.25) is 23.6 Å². The number of ether oxygens (including phenoxy) is 1. The maximum atomic E-state index is 13.7. The van der Waals surface area contributed by atoms with Gasteiger partial charge in [0.15, 0.2) is 0 Å². The fourth-order valence-electron chi connectivity index (χ4n) is 5.47. The van der Waals surface area contributed by atoms with Crippen molar-refractivity contribution >= 4 is 40.9 Å². The number of carbonyl (C=O) groups is 4. The molecule has 2 saturated heterocycles. The van der Waals surface area contributed by atoms with Crippen LogP contribution in [-0.4, -0.2) is 41.7 Å². The number of imide groups is 1. The molecule has 2 aromatic carbocycles. The number of methoxy groups -OCH3 is 1. The molecule has 0 aromatic heterocycles. The number of benzene rings is 2. The number of primary amides is 1. The van der Waals surface area contributed by atoms with Crippen molar-refractivity contribution in [3.8, 4) is 5.75 Å². The molecule has 2 fully saturated rings. The Hall–Kier alpha value is -3.43. The third-order valence-electron chi connectivity index (χ3n) is 6.99. The fraction of sp³-hybridized carbons (Fsp3) is 0.333. The van der Waals surface area contributed by atoms with E-state index in [1.54, 1.807) is 49.6 Å². The Morgan fingerprint density at radius 3 is 2.56 bits per heavy atom. The zero-order valence-electron chi connectivity index (χ0n) is 18.3. The lowest BCUT2D eigenvalue weighted by Gasteiger charge is -2.29. The van der Waals surface area contributed by atoms with Gasteiger partial charge in [0, 0.05) is 18.0 Å². The van der Waals surface area contributed by atoms with Crippen molar-refractivity contribution in [2.75, 3.05) is 12.4 Å². The highest BCUT2D eigenvalue weighted by Gasteiger charge is 2.70. The van der Waals surface area contributed by atoms with Crippen molar-refractivity contribution < 1.29 is 23.9 Å². The Labute approximate surface area is 200 Å². The lowest BCUT2D eigenvalue weighted by molar-refractivity contribution is -0.143. The van der Waals surface area contributed by atoms with Gasteiger partial charge in [-0.3, -0.25) is 29.4 Å². The standard InChI is InChI=1S/C24H23ClN4O5/c1-34-13-7-5-12(6-8-13)11-29-21(31)18-16(9-10-17(26)30)28-24(19(18)22(29)32)14-3-2-4-15(25)20(14)27-23(24)33/h2-8,16,18-19,28H,9-11H2,1H3,(H2,26,30)(H,27,33). The molecule has 4 atom stereocenters. The van der Waals surface area contributed by atoms with E-state index in [4.69, 9.17) is 22.1 Å². The minimum atomic E-state index is -1.46. The molecule has 0 radical (unpaired) electrons. The Morgan fingerprint density at radius 2 is 1.88 bits per heavy atom. The van der Waals surface area contributed by atoms with Crippen LogP contribution in [0.4, 0.5) is 5.69 Å². The average molecular weight is 483 g/mol. The molecule has 5 rings (SSSR count). The van der Waals surface area contributed by atoms with Gasteiger partial charge >= 0.3 is 0 Å².